The molecule has 1 nitrogen and oxygen atoms in total. The molecule has 14 heavy (non-hydrogen) atoms. The Morgan fingerprint density at radius 3 is 2.93 bits per heavy atom. The summed E-state index contributed by atoms with van der Waals surface area (Å²) in [5, 5.41) is 11.8. The molecule has 0 aliphatic carbocycles. The standard InChI is InChI=1S/C11H9NS2/c1-2-7-3-11-9(4-10(7)13)8(5-12)6-14-11/h3-4,6,13H,2H2,1H3. The van der Waals surface area contributed by atoms with Gasteiger partial charge in [-0.05, 0) is 24.1 Å². The van der Waals surface area contributed by atoms with Crippen LogP contribution in [0, 0.1) is 11.3 Å². The van der Waals surface area contributed by atoms with Crippen LogP contribution in [0.2, 0.25) is 0 Å². The molecule has 0 N–H and O–H groups in total. The number of hydrogen-bond donors (Lipinski definition) is 1. The van der Waals surface area contributed by atoms with Crippen molar-refractivity contribution in [2.24, 2.45) is 0 Å². The Hall–Kier alpha value is -0.980. The van der Waals surface area contributed by atoms with Gasteiger partial charge in [0, 0.05) is 20.4 Å². The predicted octanol–water partition coefficient (Wildman–Crippen LogP) is 3.62. The molecule has 0 unspecified atom stereocenters. The van der Waals surface area contributed by atoms with Crippen LogP contribution in [-0.2, 0) is 6.42 Å². The summed E-state index contributed by atoms with van der Waals surface area (Å²) in [4.78, 5) is 0.981. The van der Waals surface area contributed by atoms with Crippen molar-refractivity contribution in [2.75, 3.05) is 0 Å². The fourth-order valence-corrected chi connectivity index (χ4v) is 2.76. The number of fused-ring (bicyclic) bond motifs is 1. The third-order valence-corrected chi connectivity index (χ3v) is 3.64. The average molecular weight is 219 g/mol. The van der Waals surface area contributed by atoms with E-state index in [1.165, 1.54) is 10.3 Å². The first-order chi connectivity index (χ1) is 6.76. The van der Waals surface area contributed by atoms with E-state index in [1.54, 1.807) is 11.3 Å². The highest BCUT2D eigenvalue weighted by molar-refractivity contribution is 7.80. The number of thiophene rings is 1. The molecule has 0 radical (unpaired) electrons. The minimum atomic E-state index is 0.753. The summed E-state index contributed by atoms with van der Waals surface area (Å²) in [5.41, 5.74) is 2.00. The van der Waals surface area contributed by atoms with Crippen LogP contribution < -0.4 is 0 Å². The van der Waals surface area contributed by atoms with Gasteiger partial charge in [0.15, 0.2) is 0 Å². The van der Waals surface area contributed by atoms with Crippen LogP contribution in [0.1, 0.15) is 18.1 Å². The van der Waals surface area contributed by atoms with Crippen molar-refractivity contribution in [3.8, 4) is 6.07 Å². The molecule has 1 aromatic heterocycles. The molecule has 0 saturated heterocycles. The maximum atomic E-state index is 8.87. The first-order valence-corrected chi connectivity index (χ1v) is 5.72. The van der Waals surface area contributed by atoms with E-state index in [9.17, 15) is 0 Å². The number of benzene rings is 1. The Balaban J connectivity index is 2.77. The molecule has 3 heteroatoms. The van der Waals surface area contributed by atoms with Gasteiger partial charge in [-0.3, -0.25) is 0 Å². The van der Waals surface area contributed by atoms with Crippen molar-refractivity contribution < 1.29 is 0 Å². The van der Waals surface area contributed by atoms with Crippen LogP contribution in [0.3, 0.4) is 0 Å². The molecular formula is C11H9NS2. The minimum Gasteiger partial charge on any atom is -0.192 e. The number of nitrogens with zero attached hydrogens (tertiary/aromatic N) is 1. The van der Waals surface area contributed by atoms with Crippen molar-refractivity contribution in [1.29, 1.82) is 5.26 Å². The fourth-order valence-electron chi connectivity index (χ4n) is 1.47. The monoisotopic (exact) mass is 219 g/mol. The molecule has 2 rings (SSSR count). The third-order valence-electron chi connectivity index (χ3n) is 2.28. The molecule has 1 heterocycles. The van der Waals surface area contributed by atoms with Gasteiger partial charge in [-0.1, -0.05) is 6.92 Å². The summed E-state index contributed by atoms with van der Waals surface area (Å²) < 4.78 is 1.18. The maximum Gasteiger partial charge on any atom is 0.101 e. The normalized spacial score (nSPS) is 10.4. The largest absolute Gasteiger partial charge is 0.192 e. The van der Waals surface area contributed by atoms with Crippen molar-refractivity contribution in [3.05, 3.63) is 28.6 Å². The lowest BCUT2D eigenvalue weighted by Gasteiger charge is -2.01. The third kappa shape index (κ3) is 1.41. The fraction of sp³-hybridized carbons (Fsp3) is 0.182. The summed E-state index contributed by atoms with van der Waals surface area (Å²) in [5.74, 6) is 0. The van der Waals surface area contributed by atoms with Gasteiger partial charge in [-0.2, -0.15) is 5.26 Å². The molecular weight excluding hydrogens is 210 g/mol. The highest BCUT2D eigenvalue weighted by Crippen LogP contribution is 2.30. The zero-order chi connectivity index (χ0) is 10.1. The highest BCUT2D eigenvalue weighted by atomic mass is 32.1. The lowest BCUT2D eigenvalue weighted by Crippen LogP contribution is -1.82. The summed E-state index contributed by atoms with van der Waals surface area (Å²) in [7, 11) is 0. The van der Waals surface area contributed by atoms with Crippen LogP contribution in [0.15, 0.2) is 22.4 Å². The minimum absolute atomic E-state index is 0.753. The topological polar surface area (TPSA) is 23.8 Å². The summed E-state index contributed by atoms with van der Waals surface area (Å²) in [6.45, 7) is 2.11. The number of nitriles is 1. The maximum absolute atomic E-state index is 8.87. The van der Waals surface area contributed by atoms with Crippen molar-refractivity contribution in [3.63, 3.8) is 0 Å². The second kappa shape index (κ2) is 3.64. The van der Waals surface area contributed by atoms with Crippen molar-refractivity contribution >= 4 is 34.1 Å². The number of aryl methyl sites for hydroxylation is 1. The van der Waals surface area contributed by atoms with Crippen molar-refractivity contribution in [1.82, 2.24) is 0 Å². The molecule has 1 aromatic carbocycles. The van der Waals surface area contributed by atoms with E-state index < -0.39 is 0 Å². The smallest absolute Gasteiger partial charge is 0.101 e. The Labute approximate surface area is 92.4 Å². The molecule has 0 bridgehead atoms. The SMILES string of the molecule is CCc1cc2scc(C#N)c2cc1S. The van der Waals surface area contributed by atoms with E-state index in [-0.39, 0.29) is 0 Å². The van der Waals surface area contributed by atoms with Crippen molar-refractivity contribution in [2.45, 2.75) is 18.2 Å². The average Bonchev–Trinajstić information content (AvgIpc) is 2.58. The van der Waals surface area contributed by atoms with E-state index in [4.69, 9.17) is 5.26 Å². The van der Waals surface area contributed by atoms with E-state index >= 15 is 0 Å². The Morgan fingerprint density at radius 2 is 2.29 bits per heavy atom. The van der Waals surface area contributed by atoms with Gasteiger partial charge in [0.1, 0.15) is 6.07 Å². The Morgan fingerprint density at radius 1 is 1.50 bits per heavy atom. The van der Waals surface area contributed by atoms with Gasteiger partial charge in [0.25, 0.3) is 0 Å². The van der Waals surface area contributed by atoms with E-state index in [0.717, 1.165) is 22.3 Å². The predicted molar refractivity (Wildman–Crippen MR) is 63.2 cm³/mol. The van der Waals surface area contributed by atoms with Crippen LogP contribution >= 0.6 is 24.0 Å². The van der Waals surface area contributed by atoms with E-state index in [1.807, 2.05) is 11.4 Å². The molecule has 0 spiro atoms. The summed E-state index contributed by atoms with van der Waals surface area (Å²) in [6, 6.07) is 6.31. The highest BCUT2D eigenvalue weighted by Gasteiger charge is 2.06. The zero-order valence-corrected chi connectivity index (χ0v) is 9.45. The second-order valence-corrected chi connectivity index (χ2v) is 4.48. The molecule has 0 amide bonds. The molecule has 2 aromatic rings. The molecule has 0 aliphatic heterocycles. The van der Waals surface area contributed by atoms with E-state index in [0.29, 0.717) is 0 Å². The quantitative estimate of drug-likeness (QED) is 0.728. The number of hydrogen-bond acceptors (Lipinski definition) is 3. The first kappa shape index (κ1) is 9.57. The summed E-state index contributed by atoms with van der Waals surface area (Å²) in [6.07, 6.45) is 0.981. The Kier molecular flexibility index (Phi) is 2.49. The van der Waals surface area contributed by atoms with Crippen LogP contribution in [-0.4, -0.2) is 0 Å². The van der Waals surface area contributed by atoms with Gasteiger partial charge >= 0.3 is 0 Å². The van der Waals surface area contributed by atoms with Gasteiger partial charge < -0.3 is 0 Å². The van der Waals surface area contributed by atoms with Crippen LogP contribution in [0.25, 0.3) is 10.1 Å². The molecule has 0 atom stereocenters. The van der Waals surface area contributed by atoms with Crippen LogP contribution in [0.4, 0.5) is 0 Å². The molecule has 0 saturated carbocycles. The van der Waals surface area contributed by atoms with Gasteiger partial charge in [-0.25, -0.2) is 0 Å². The molecule has 0 fully saturated rings. The lowest BCUT2D eigenvalue weighted by molar-refractivity contribution is 1.09. The van der Waals surface area contributed by atoms with Crippen LogP contribution in [0.5, 0.6) is 0 Å². The summed E-state index contributed by atoms with van der Waals surface area (Å²) >= 11 is 6.03. The van der Waals surface area contributed by atoms with Gasteiger partial charge in [0.2, 0.25) is 0 Å². The number of rotatable bonds is 1. The lowest BCUT2D eigenvalue weighted by atomic mass is 10.1. The van der Waals surface area contributed by atoms with Gasteiger partial charge in [0.05, 0.1) is 5.56 Å². The second-order valence-electron chi connectivity index (χ2n) is 3.09. The Bertz CT molecular complexity index is 520. The molecule has 70 valence electrons. The number of thiol groups is 1. The van der Waals surface area contributed by atoms with Gasteiger partial charge in [-0.15, -0.1) is 24.0 Å². The molecule has 0 aliphatic rings. The van der Waals surface area contributed by atoms with E-state index in [2.05, 4.69) is 31.7 Å². The zero-order valence-electron chi connectivity index (χ0n) is 7.74. The first-order valence-electron chi connectivity index (χ1n) is 4.39.